The van der Waals surface area contributed by atoms with Crippen LogP contribution in [0.4, 0.5) is 17.3 Å². The second-order valence-electron chi connectivity index (χ2n) is 5.45. The first-order valence-electron chi connectivity index (χ1n) is 6.33. The Labute approximate surface area is 117 Å². The molecule has 0 saturated heterocycles. The molecule has 112 valence electrons. The van der Waals surface area contributed by atoms with E-state index in [-0.39, 0.29) is 23.9 Å². The number of pyridine rings is 1. The minimum atomic E-state index is -0.920. The first-order valence-corrected chi connectivity index (χ1v) is 6.33. The van der Waals surface area contributed by atoms with E-state index in [4.69, 9.17) is 5.84 Å². The topological polar surface area (TPSA) is 126 Å². The molecule has 0 fully saturated rings. The SMILES string of the molecule is CC(C)CC(C)(O)CNc1cc([N+](=O)[O-])cc(NN)n1. The van der Waals surface area contributed by atoms with Gasteiger partial charge in [0.1, 0.15) is 11.6 Å². The summed E-state index contributed by atoms with van der Waals surface area (Å²) in [6, 6.07) is 2.53. The molecule has 0 aliphatic carbocycles. The van der Waals surface area contributed by atoms with Gasteiger partial charge in [-0.25, -0.2) is 10.8 Å². The third-order valence-electron chi connectivity index (χ3n) is 2.67. The predicted octanol–water partition coefficient (Wildman–Crippen LogP) is 1.48. The molecule has 1 atom stereocenters. The molecule has 0 aliphatic heterocycles. The number of hydrogen-bond donors (Lipinski definition) is 4. The van der Waals surface area contributed by atoms with E-state index in [0.717, 1.165) is 0 Å². The summed E-state index contributed by atoms with van der Waals surface area (Å²) in [7, 11) is 0. The molecular formula is C12H21N5O3. The molecule has 0 bridgehead atoms. The Hall–Kier alpha value is -1.93. The summed E-state index contributed by atoms with van der Waals surface area (Å²) in [5.41, 5.74) is 1.23. The maximum absolute atomic E-state index is 10.8. The van der Waals surface area contributed by atoms with Gasteiger partial charge in [0.15, 0.2) is 0 Å². The second-order valence-corrected chi connectivity index (χ2v) is 5.45. The maximum Gasteiger partial charge on any atom is 0.276 e. The number of hydrazine groups is 1. The highest BCUT2D eigenvalue weighted by Crippen LogP contribution is 2.22. The van der Waals surface area contributed by atoms with Crippen molar-refractivity contribution >= 4 is 17.3 Å². The molecule has 0 spiro atoms. The lowest BCUT2D eigenvalue weighted by Crippen LogP contribution is -2.35. The van der Waals surface area contributed by atoms with Crippen LogP contribution < -0.4 is 16.6 Å². The number of nitrogens with zero attached hydrogens (tertiary/aromatic N) is 2. The second kappa shape index (κ2) is 6.49. The number of nitrogens with one attached hydrogen (secondary N) is 2. The molecule has 0 aromatic carbocycles. The van der Waals surface area contributed by atoms with Gasteiger partial charge in [0.25, 0.3) is 5.69 Å². The predicted molar refractivity (Wildman–Crippen MR) is 77.3 cm³/mol. The van der Waals surface area contributed by atoms with Crippen LogP contribution in [0.1, 0.15) is 27.2 Å². The molecule has 0 saturated carbocycles. The Kier molecular flexibility index (Phi) is 5.23. The average molecular weight is 283 g/mol. The third-order valence-corrected chi connectivity index (χ3v) is 2.67. The highest BCUT2D eigenvalue weighted by molar-refractivity contribution is 5.54. The van der Waals surface area contributed by atoms with E-state index in [1.54, 1.807) is 6.92 Å². The van der Waals surface area contributed by atoms with Crippen molar-refractivity contribution in [2.45, 2.75) is 32.8 Å². The van der Waals surface area contributed by atoms with Crippen LogP contribution in [-0.4, -0.2) is 27.2 Å². The van der Waals surface area contributed by atoms with Crippen molar-refractivity contribution in [2.24, 2.45) is 11.8 Å². The lowest BCUT2D eigenvalue weighted by atomic mass is 9.94. The van der Waals surface area contributed by atoms with Crippen molar-refractivity contribution in [1.29, 1.82) is 0 Å². The first kappa shape index (κ1) is 16.1. The molecule has 8 heteroatoms. The Morgan fingerprint density at radius 2 is 2.10 bits per heavy atom. The first-order chi connectivity index (χ1) is 9.23. The van der Waals surface area contributed by atoms with Crippen LogP contribution in [0.5, 0.6) is 0 Å². The molecule has 1 aromatic rings. The molecule has 20 heavy (non-hydrogen) atoms. The van der Waals surface area contributed by atoms with Crippen molar-refractivity contribution in [1.82, 2.24) is 4.98 Å². The highest BCUT2D eigenvalue weighted by atomic mass is 16.6. The van der Waals surface area contributed by atoms with Crippen molar-refractivity contribution in [3.8, 4) is 0 Å². The Balaban J connectivity index is 2.82. The number of hydrogen-bond acceptors (Lipinski definition) is 7. The Bertz CT molecular complexity index is 476. The molecule has 0 amide bonds. The summed E-state index contributed by atoms with van der Waals surface area (Å²) < 4.78 is 0. The Morgan fingerprint density at radius 1 is 1.50 bits per heavy atom. The molecule has 1 aromatic heterocycles. The molecule has 1 unspecified atom stereocenters. The van der Waals surface area contributed by atoms with Gasteiger partial charge < -0.3 is 15.8 Å². The fraction of sp³-hybridized carbons (Fsp3) is 0.583. The summed E-state index contributed by atoms with van der Waals surface area (Å²) in [6.07, 6.45) is 0.608. The summed E-state index contributed by atoms with van der Waals surface area (Å²) in [4.78, 5) is 14.3. The third kappa shape index (κ3) is 4.98. The quantitative estimate of drug-likeness (QED) is 0.339. The number of nitro groups is 1. The zero-order chi connectivity index (χ0) is 15.3. The van der Waals surface area contributed by atoms with E-state index in [1.165, 1.54) is 12.1 Å². The fourth-order valence-corrected chi connectivity index (χ4v) is 2.02. The minimum Gasteiger partial charge on any atom is -0.388 e. The van der Waals surface area contributed by atoms with Crippen LogP contribution in [0.3, 0.4) is 0 Å². The standard InChI is InChI=1S/C12H21N5O3/c1-8(2)6-12(3,18)7-14-10-4-9(17(19)20)5-11(15-10)16-13/h4-5,8,18H,6-7,13H2,1-3H3,(H2,14,15,16). The smallest absolute Gasteiger partial charge is 0.276 e. The van der Waals surface area contributed by atoms with Gasteiger partial charge in [0.2, 0.25) is 0 Å². The van der Waals surface area contributed by atoms with E-state index in [9.17, 15) is 15.2 Å². The fourth-order valence-electron chi connectivity index (χ4n) is 2.02. The van der Waals surface area contributed by atoms with Crippen LogP contribution in [0.2, 0.25) is 0 Å². The summed E-state index contributed by atoms with van der Waals surface area (Å²) in [5.74, 6) is 6.04. The molecule has 0 radical (unpaired) electrons. The molecule has 5 N–H and O–H groups in total. The van der Waals surface area contributed by atoms with E-state index >= 15 is 0 Å². The highest BCUT2D eigenvalue weighted by Gasteiger charge is 2.22. The molecule has 1 rings (SSSR count). The zero-order valence-electron chi connectivity index (χ0n) is 11.9. The number of aliphatic hydroxyl groups is 1. The van der Waals surface area contributed by atoms with Crippen LogP contribution >= 0.6 is 0 Å². The van der Waals surface area contributed by atoms with Gasteiger partial charge in [-0.05, 0) is 19.3 Å². The lowest BCUT2D eigenvalue weighted by molar-refractivity contribution is -0.384. The normalized spacial score (nSPS) is 13.9. The Morgan fingerprint density at radius 3 is 2.60 bits per heavy atom. The van der Waals surface area contributed by atoms with Gasteiger partial charge in [-0.2, -0.15) is 0 Å². The summed E-state index contributed by atoms with van der Waals surface area (Å²) in [5, 5.41) is 23.9. The van der Waals surface area contributed by atoms with E-state index in [0.29, 0.717) is 12.3 Å². The van der Waals surface area contributed by atoms with Crippen LogP contribution in [-0.2, 0) is 0 Å². The van der Waals surface area contributed by atoms with Crippen molar-refractivity contribution in [3.05, 3.63) is 22.2 Å². The zero-order valence-corrected chi connectivity index (χ0v) is 11.9. The monoisotopic (exact) mass is 283 g/mol. The molecule has 0 aliphatic rings. The number of nitrogens with two attached hydrogens (primary N) is 1. The van der Waals surface area contributed by atoms with Gasteiger partial charge in [-0.3, -0.25) is 10.1 Å². The van der Waals surface area contributed by atoms with E-state index in [2.05, 4.69) is 15.7 Å². The number of anilines is 2. The van der Waals surface area contributed by atoms with Gasteiger partial charge in [0.05, 0.1) is 22.7 Å². The van der Waals surface area contributed by atoms with E-state index in [1.807, 2.05) is 13.8 Å². The minimum absolute atomic E-state index is 0.126. The average Bonchev–Trinajstić information content (AvgIpc) is 2.34. The summed E-state index contributed by atoms with van der Waals surface area (Å²) >= 11 is 0. The lowest BCUT2D eigenvalue weighted by Gasteiger charge is -2.25. The number of rotatable bonds is 7. The number of aromatic nitrogens is 1. The molecule has 8 nitrogen and oxygen atoms in total. The molecule has 1 heterocycles. The van der Waals surface area contributed by atoms with Crippen LogP contribution in [0, 0.1) is 16.0 Å². The van der Waals surface area contributed by atoms with Gasteiger partial charge >= 0.3 is 0 Å². The van der Waals surface area contributed by atoms with Crippen molar-refractivity contribution in [2.75, 3.05) is 17.3 Å². The van der Waals surface area contributed by atoms with Crippen molar-refractivity contribution in [3.63, 3.8) is 0 Å². The maximum atomic E-state index is 10.8. The van der Waals surface area contributed by atoms with E-state index < -0.39 is 10.5 Å². The number of nitrogen functional groups attached to an aromatic ring is 1. The van der Waals surface area contributed by atoms with Gasteiger partial charge in [-0.1, -0.05) is 13.8 Å². The summed E-state index contributed by atoms with van der Waals surface area (Å²) in [6.45, 7) is 5.97. The largest absolute Gasteiger partial charge is 0.388 e. The van der Waals surface area contributed by atoms with Crippen LogP contribution in [0.15, 0.2) is 12.1 Å². The van der Waals surface area contributed by atoms with Crippen molar-refractivity contribution < 1.29 is 10.0 Å². The van der Waals surface area contributed by atoms with Crippen LogP contribution in [0.25, 0.3) is 0 Å². The van der Waals surface area contributed by atoms with Gasteiger partial charge in [0, 0.05) is 6.54 Å². The van der Waals surface area contributed by atoms with Gasteiger partial charge in [-0.15, -0.1) is 0 Å². The molecular weight excluding hydrogens is 262 g/mol.